The van der Waals surface area contributed by atoms with E-state index in [1.165, 1.54) is 0 Å². The maximum absolute atomic E-state index is 11.5. The van der Waals surface area contributed by atoms with Gasteiger partial charge in [-0.1, -0.05) is 17.9 Å². The Kier molecular flexibility index (Phi) is 4.21. The van der Waals surface area contributed by atoms with E-state index in [4.69, 9.17) is 5.11 Å². The first-order valence-corrected chi connectivity index (χ1v) is 6.05. The minimum atomic E-state index is -0.169. The Bertz CT molecular complexity index is 484. The van der Waals surface area contributed by atoms with Crippen molar-refractivity contribution in [3.63, 3.8) is 0 Å². The molecule has 0 unspecified atom stereocenters. The molecule has 3 N–H and O–H groups in total. The lowest BCUT2D eigenvalue weighted by atomic mass is 10.2. The zero-order valence-electron chi connectivity index (χ0n) is 10.1. The van der Waals surface area contributed by atoms with Crippen LogP contribution in [0, 0.1) is 11.8 Å². The van der Waals surface area contributed by atoms with Crippen molar-refractivity contribution in [3.8, 4) is 11.8 Å². The molecule has 1 aromatic rings. The topological polar surface area (TPSA) is 61.4 Å². The van der Waals surface area contributed by atoms with E-state index >= 15 is 0 Å². The molecule has 2 amide bonds. The Labute approximate surface area is 106 Å². The summed E-state index contributed by atoms with van der Waals surface area (Å²) < 4.78 is 0. The largest absolute Gasteiger partial charge is 0.395 e. The van der Waals surface area contributed by atoms with Crippen molar-refractivity contribution in [2.45, 2.75) is 25.3 Å². The molecule has 0 aromatic heterocycles. The number of carbonyl (C=O) groups excluding carboxylic acids is 1. The molecule has 0 aliphatic heterocycles. The Hall–Kier alpha value is -1.99. The summed E-state index contributed by atoms with van der Waals surface area (Å²) in [5.41, 5.74) is 1.55. The normalized spacial score (nSPS) is 13.4. The third-order valence-corrected chi connectivity index (χ3v) is 2.50. The van der Waals surface area contributed by atoms with E-state index in [1.807, 2.05) is 24.3 Å². The standard InChI is InChI=1S/C14H16N2O2/c17-9-2-1-4-11-5-3-6-13(10-11)16-14(18)15-12-7-8-12/h3,5-6,10,12,17H,2,7-9H2,(H2,15,16,18). The van der Waals surface area contributed by atoms with Gasteiger partial charge in [-0.2, -0.15) is 0 Å². The Balaban J connectivity index is 1.93. The molecule has 1 aliphatic rings. The quantitative estimate of drug-likeness (QED) is 0.709. The zero-order valence-corrected chi connectivity index (χ0v) is 10.1. The molecule has 18 heavy (non-hydrogen) atoms. The van der Waals surface area contributed by atoms with Gasteiger partial charge in [-0.25, -0.2) is 4.79 Å². The first-order chi connectivity index (χ1) is 8.78. The van der Waals surface area contributed by atoms with Crippen LogP contribution in [0.3, 0.4) is 0 Å². The van der Waals surface area contributed by atoms with Gasteiger partial charge in [0.25, 0.3) is 0 Å². The van der Waals surface area contributed by atoms with Crippen molar-refractivity contribution in [2.24, 2.45) is 0 Å². The van der Waals surface area contributed by atoms with Crippen LogP contribution in [0.1, 0.15) is 24.8 Å². The predicted molar refractivity (Wildman–Crippen MR) is 70.2 cm³/mol. The van der Waals surface area contributed by atoms with Crippen molar-refractivity contribution in [1.29, 1.82) is 0 Å². The Morgan fingerprint density at radius 2 is 2.28 bits per heavy atom. The van der Waals surface area contributed by atoms with Crippen molar-refractivity contribution < 1.29 is 9.90 Å². The highest BCUT2D eigenvalue weighted by Gasteiger charge is 2.23. The van der Waals surface area contributed by atoms with E-state index in [0.717, 1.165) is 24.1 Å². The van der Waals surface area contributed by atoms with Gasteiger partial charge in [-0.3, -0.25) is 0 Å². The van der Waals surface area contributed by atoms with Gasteiger partial charge < -0.3 is 15.7 Å². The summed E-state index contributed by atoms with van der Waals surface area (Å²) in [5.74, 6) is 5.78. The fourth-order valence-corrected chi connectivity index (χ4v) is 1.48. The molecule has 4 heteroatoms. The second-order valence-electron chi connectivity index (χ2n) is 4.23. The van der Waals surface area contributed by atoms with Gasteiger partial charge in [-0.05, 0) is 31.0 Å². The van der Waals surface area contributed by atoms with Crippen LogP contribution in [-0.2, 0) is 0 Å². The van der Waals surface area contributed by atoms with Crippen molar-refractivity contribution in [2.75, 3.05) is 11.9 Å². The van der Waals surface area contributed by atoms with E-state index in [-0.39, 0.29) is 12.6 Å². The first kappa shape index (κ1) is 12.5. The molecule has 0 spiro atoms. The van der Waals surface area contributed by atoms with Gasteiger partial charge in [0, 0.05) is 23.7 Å². The number of anilines is 1. The second-order valence-corrected chi connectivity index (χ2v) is 4.23. The molecular weight excluding hydrogens is 228 g/mol. The molecule has 0 atom stereocenters. The molecule has 4 nitrogen and oxygen atoms in total. The van der Waals surface area contributed by atoms with Gasteiger partial charge in [-0.15, -0.1) is 0 Å². The number of aliphatic hydroxyl groups is 1. The molecule has 2 rings (SSSR count). The SMILES string of the molecule is O=C(Nc1cccc(C#CCCO)c1)NC1CC1. The van der Waals surface area contributed by atoms with Crippen molar-refractivity contribution in [1.82, 2.24) is 5.32 Å². The van der Waals surface area contributed by atoms with Crippen LogP contribution < -0.4 is 10.6 Å². The Morgan fingerprint density at radius 1 is 1.44 bits per heavy atom. The van der Waals surface area contributed by atoms with E-state index in [0.29, 0.717) is 12.5 Å². The van der Waals surface area contributed by atoms with Crippen molar-refractivity contribution >= 4 is 11.7 Å². The number of aliphatic hydroxyl groups excluding tert-OH is 1. The highest BCUT2D eigenvalue weighted by molar-refractivity contribution is 5.89. The molecular formula is C14H16N2O2. The molecule has 1 aliphatic carbocycles. The third-order valence-electron chi connectivity index (χ3n) is 2.50. The lowest BCUT2D eigenvalue weighted by molar-refractivity contribution is 0.251. The predicted octanol–water partition coefficient (Wildman–Crippen LogP) is 1.70. The maximum Gasteiger partial charge on any atom is 0.319 e. The highest BCUT2D eigenvalue weighted by atomic mass is 16.2. The number of hydrogen-bond donors (Lipinski definition) is 3. The minimum Gasteiger partial charge on any atom is -0.395 e. The number of urea groups is 1. The number of carbonyl (C=O) groups is 1. The molecule has 0 saturated heterocycles. The summed E-state index contributed by atoms with van der Waals surface area (Å²) in [6, 6.07) is 7.53. The minimum absolute atomic E-state index is 0.0642. The van der Waals surface area contributed by atoms with Gasteiger partial charge in [0.05, 0.1) is 6.61 Å². The van der Waals surface area contributed by atoms with Gasteiger partial charge in [0.15, 0.2) is 0 Å². The lowest BCUT2D eigenvalue weighted by Crippen LogP contribution is -2.30. The monoisotopic (exact) mass is 244 g/mol. The van der Waals surface area contributed by atoms with E-state index in [9.17, 15) is 4.79 Å². The summed E-state index contributed by atoms with van der Waals surface area (Å²) in [7, 11) is 0. The summed E-state index contributed by atoms with van der Waals surface area (Å²) in [6.45, 7) is 0.0642. The fourth-order valence-electron chi connectivity index (χ4n) is 1.48. The van der Waals surface area contributed by atoms with Crippen LogP contribution in [-0.4, -0.2) is 23.8 Å². The zero-order chi connectivity index (χ0) is 12.8. The molecule has 0 bridgehead atoms. The van der Waals surface area contributed by atoms with E-state index < -0.39 is 0 Å². The van der Waals surface area contributed by atoms with Gasteiger partial charge >= 0.3 is 6.03 Å². The number of benzene rings is 1. The van der Waals surface area contributed by atoms with Gasteiger partial charge in [0.2, 0.25) is 0 Å². The summed E-state index contributed by atoms with van der Waals surface area (Å²) in [4.78, 5) is 11.5. The molecule has 1 saturated carbocycles. The smallest absolute Gasteiger partial charge is 0.319 e. The molecule has 1 fully saturated rings. The van der Waals surface area contributed by atoms with Crippen LogP contribution >= 0.6 is 0 Å². The number of nitrogens with one attached hydrogen (secondary N) is 2. The average molecular weight is 244 g/mol. The van der Waals surface area contributed by atoms with Crippen LogP contribution in [0.2, 0.25) is 0 Å². The number of rotatable bonds is 3. The van der Waals surface area contributed by atoms with Crippen LogP contribution in [0.4, 0.5) is 10.5 Å². The summed E-state index contributed by atoms with van der Waals surface area (Å²) >= 11 is 0. The average Bonchev–Trinajstić information content (AvgIpc) is 3.13. The van der Waals surface area contributed by atoms with Crippen LogP contribution in [0.5, 0.6) is 0 Å². The summed E-state index contributed by atoms with van der Waals surface area (Å²) in [5, 5.41) is 14.3. The molecule has 0 radical (unpaired) electrons. The highest BCUT2D eigenvalue weighted by Crippen LogP contribution is 2.19. The van der Waals surface area contributed by atoms with E-state index in [2.05, 4.69) is 22.5 Å². The van der Waals surface area contributed by atoms with Crippen LogP contribution in [0.15, 0.2) is 24.3 Å². The Morgan fingerprint density at radius 3 is 3.00 bits per heavy atom. The number of hydrogen-bond acceptors (Lipinski definition) is 2. The molecule has 0 heterocycles. The van der Waals surface area contributed by atoms with E-state index in [1.54, 1.807) is 0 Å². The third kappa shape index (κ3) is 4.11. The maximum atomic E-state index is 11.5. The molecule has 1 aromatic carbocycles. The second kappa shape index (κ2) is 6.08. The number of amides is 2. The van der Waals surface area contributed by atoms with Gasteiger partial charge in [0.1, 0.15) is 0 Å². The fraction of sp³-hybridized carbons (Fsp3) is 0.357. The molecule has 94 valence electrons. The van der Waals surface area contributed by atoms with Crippen molar-refractivity contribution in [3.05, 3.63) is 29.8 Å². The lowest BCUT2D eigenvalue weighted by Gasteiger charge is -2.06. The first-order valence-electron chi connectivity index (χ1n) is 6.05. The summed E-state index contributed by atoms with van der Waals surface area (Å²) in [6.07, 6.45) is 2.60. The van der Waals surface area contributed by atoms with Crippen LogP contribution in [0.25, 0.3) is 0 Å².